The third kappa shape index (κ3) is 13.2. The fourth-order valence-electron chi connectivity index (χ4n) is 6.33. The molecule has 3 aromatic heterocycles. The Morgan fingerprint density at radius 3 is 2.36 bits per heavy atom. The normalized spacial score (nSPS) is 16.4. The number of carbonyl (C=O) groups excluding carboxylic acids is 3. The first kappa shape index (κ1) is 49.4. The van der Waals surface area contributed by atoms with Crippen molar-refractivity contribution in [3.8, 4) is 15.4 Å². The Labute approximate surface area is 405 Å². The minimum Gasteiger partial charge on any atom is -0.650 e. The van der Waals surface area contributed by atoms with E-state index in [0.29, 0.717) is 30.4 Å². The summed E-state index contributed by atoms with van der Waals surface area (Å²) in [5.41, 5.74) is 8.93. The Balaban J connectivity index is 0.000000266. The number of carbonyl (C=O) groups is 3. The quantitative estimate of drug-likeness (QED) is 0.0647. The summed E-state index contributed by atoms with van der Waals surface area (Å²) in [6, 6.07) is 14.7. The van der Waals surface area contributed by atoms with Crippen LogP contribution in [0.2, 0.25) is 5.02 Å². The van der Waals surface area contributed by atoms with Crippen LogP contribution in [0.1, 0.15) is 63.4 Å². The van der Waals surface area contributed by atoms with Crippen LogP contribution in [0.3, 0.4) is 0 Å². The molecule has 2 aliphatic rings. The summed E-state index contributed by atoms with van der Waals surface area (Å²) in [4.78, 5) is 47.3. The van der Waals surface area contributed by atoms with E-state index in [1.165, 1.54) is 9.75 Å². The van der Waals surface area contributed by atoms with Crippen LogP contribution in [0.25, 0.3) is 20.8 Å². The predicted molar refractivity (Wildman–Crippen MR) is 247 cm³/mol. The van der Waals surface area contributed by atoms with E-state index in [2.05, 4.69) is 89.1 Å². The topological polar surface area (TPSA) is 175 Å². The Morgan fingerprint density at radius 2 is 1.73 bits per heavy atom. The predicted octanol–water partition coefficient (Wildman–Crippen LogP) is 7.74. The van der Waals surface area contributed by atoms with Gasteiger partial charge in [0.15, 0.2) is 5.82 Å². The van der Waals surface area contributed by atoms with Gasteiger partial charge in [-0.25, -0.2) is 4.98 Å². The van der Waals surface area contributed by atoms with Gasteiger partial charge in [0.05, 0.1) is 41.4 Å². The van der Waals surface area contributed by atoms with E-state index in [1.807, 2.05) is 72.5 Å². The molecule has 0 aliphatic carbocycles. The fourth-order valence-corrected chi connectivity index (χ4v) is 8.49. The molecule has 5 aromatic rings. The summed E-state index contributed by atoms with van der Waals surface area (Å²) in [5.74, 6) is 0.749. The van der Waals surface area contributed by atoms with E-state index in [4.69, 9.17) is 21.3 Å². The molecule has 13 nitrogen and oxygen atoms in total. The van der Waals surface area contributed by atoms with Crippen LogP contribution in [-0.4, -0.2) is 86.6 Å². The van der Waals surface area contributed by atoms with Crippen molar-refractivity contribution in [1.82, 2.24) is 30.4 Å². The van der Waals surface area contributed by atoms with Crippen molar-refractivity contribution in [2.24, 2.45) is 4.99 Å². The molecule has 1 radical (unpaired) electrons. The average molecular weight is 1160 g/mol. The smallest absolute Gasteiger partial charge is 0.222 e. The summed E-state index contributed by atoms with van der Waals surface area (Å²) < 4.78 is 7.17. The van der Waals surface area contributed by atoms with Gasteiger partial charge in [-0.2, -0.15) is 0 Å². The maximum absolute atomic E-state index is 12.8. The van der Waals surface area contributed by atoms with Crippen LogP contribution in [0, 0.1) is 34.6 Å². The van der Waals surface area contributed by atoms with E-state index in [1.54, 1.807) is 22.7 Å². The van der Waals surface area contributed by atoms with Gasteiger partial charge in [-0.3, -0.25) is 19.1 Å². The van der Waals surface area contributed by atoms with E-state index in [9.17, 15) is 19.5 Å². The third-order valence-electron chi connectivity index (χ3n) is 9.33. The molecule has 311 valence electrons. The molecular formula is C40H43ClI2N8O5S2Y-2. The Hall–Kier alpha value is -2.21. The number of ether oxygens (including phenoxy) is 1. The van der Waals surface area contributed by atoms with Crippen LogP contribution < -0.4 is 10.6 Å². The molecule has 2 aliphatic heterocycles. The first-order valence-electron chi connectivity index (χ1n) is 18.2. The van der Waals surface area contributed by atoms with Gasteiger partial charge in [0.25, 0.3) is 0 Å². The number of hydrogen-bond acceptors (Lipinski definition) is 11. The fraction of sp³-hybridized carbons (Fsp3) is 0.350. The average Bonchev–Trinajstić information content (AvgIpc) is 3.99. The van der Waals surface area contributed by atoms with Crippen molar-refractivity contribution in [3.63, 3.8) is 0 Å². The van der Waals surface area contributed by atoms with Crippen LogP contribution >= 0.6 is 71.5 Å². The maximum atomic E-state index is 12.8. The molecular weight excluding hydrogens is 1110 g/mol. The number of thiophene rings is 1. The van der Waals surface area contributed by atoms with Crippen molar-refractivity contribution in [2.45, 2.75) is 65.3 Å². The SMILES string of the molecule is Cc1ncsc1-c1ccc(CNC(=O)[C@@H]2CC(O)C[N-]2)cc1.II.[CH2-]C(=O)COCCNC(=O)C[C@@H]1N=C(c2ccc(Cl)cc2)c2c(sc(C)c2C)-n2c(C)nnc21.[Y]. The standard InChI is InChI=1S/C24H25ClN5O3S.C16H18N3O2S.I2.Y/c1-13(31)12-33-10-9-26-20(32)11-19-23-29-28-16(4)30(23)24-21(14(2)15(3)34-24)22(27-19)17-5-7-18(25)8-6-17;1-10-15(22-9-19-10)12-4-2-11(3-5-12)7-18-16(21)14-6-13(20)8-17-14;1-2;/h5-8,19H,1,9-12H2,2-4H3,(H,26,32);2-5,9,13-14,20H,6-8H2,1H3,(H,18,21);;/q2*-1;;/t19-;13?,14-;;/m00../s1. The second kappa shape index (κ2) is 23.9. The van der Waals surface area contributed by atoms with Gasteiger partial charge in [-0.1, -0.05) is 54.0 Å². The molecule has 3 atom stereocenters. The number of aliphatic hydroxyl groups is 1. The number of aryl methyl sites for hydroxylation is 3. The van der Waals surface area contributed by atoms with Gasteiger partial charge in [0, 0.05) is 116 Å². The molecule has 3 N–H and O–H groups in total. The van der Waals surface area contributed by atoms with Crippen molar-refractivity contribution in [3.05, 3.63) is 116 Å². The number of hydrogen-bond donors (Lipinski definition) is 3. The van der Waals surface area contributed by atoms with Gasteiger partial charge >= 0.3 is 0 Å². The molecule has 2 amide bonds. The number of amides is 2. The molecule has 1 saturated heterocycles. The first-order chi connectivity index (χ1) is 27.9. The van der Waals surface area contributed by atoms with Gasteiger partial charge in [0.1, 0.15) is 16.9 Å². The van der Waals surface area contributed by atoms with Crippen LogP contribution in [0.4, 0.5) is 0 Å². The zero-order valence-electron chi connectivity index (χ0n) is 32.9. The summed E-state index contributed by atoms with van der Waals surface area (Å²) in [6.45, 7) is 12.6. The van der Waals surface area contributed by atoms with E-state index >= 15 is 0 Å². The van der Waals surface area contributed by atoms with E-state index < -0.39 is 18.2 Å². The number of ketones is 1. The number of fused-ring (bicyclic) bond motifs is 3. The van der Waals surface area contributed by atoms with Gasteiger partial charge in [-0.05, 0) is 62.9 Å². The van der Waals surface area contributed by atoms with Gasteiger partial charge in [0.2, 0.25) is 11.8 Å². The van der Waals surface area contributed by atoms with Crippen LogP contribution in [0.5, 0.6) is 0 Å². The Morgan fingerprint density at radius 1 is 1.03 bits per heavy atom. The minimum atomic E-state index is -0.534. The van der Waals surface area contributed by atoms with Crippen LogP contribution in [0.15, 0.2) is 59.0 Å². The number of rotatable bonds is 12. The van der Waals surface area contributed by atoms with Crippen LogP contribution in [-0.2, 0) is 58.4 Å². The zero-order valence-corrected chi connectivity index (χ0v) is 42.4. The second-order valence-electron chi connectivity index (χ2n) is 13.5. The second-order valence-corrected chi connectivity index (χ2v) is 16.0. The number of Topliss-reactive ketones (excluding diaryl/α,β-unsaturated/α-hetero) is 1. The minimum absolute atomic E-state index is 0. The number of nitrogens with one attached hydrogen (secondary N) is 2. The Bertz CT molecular complexity index is 2230. The zero-order chi connectivity index (χ0) is 41.9. The molecule has 7 rings (SSSR count). The summed E-state index contributed by atoms with van der Waals surface area (Å²) in [7, 11) is 0. The molecule has 2 aromatic carbocycles. The van der Waals surface area contributed by atoms with Crippen molar-refractivity contribution >= 4 is 94.8 Å². The molecule has 59 heavy (non-hydrogen) atoms. The largest absolute Gasteiger partial charge is 0.650 e. The number of benzene rings is 2. The summed E-state index contributed by atoms with van der Waals surface area (Å²) in [5, 5.41) is 29.5. The number of aliphatic imine (C=N–C) groups is 1. The van der Waals surface area contributed by atoms with Gasteiger partial charge < -0.3 is 37.5 Å². The van der Waals surface area contributed by atoms with E-state index in [0.717, 1.165) is 50.0 Å². The molecule has 1 unspecified atom stereocenters. The summed E-state index contributed by atoms with van der Waals surface area (Å²) in [6.07, 6.45) is 0.0454. The molecule has 0 bridgehead atoms. The Kier molecular flexibility index (Phi) is 20.0. The van der Waals surface area contributed by atoms with Crippen molar-refractivity contribution < 1.29 is 56.9 Å². The third-order valence-corrected chi connectivity index (χ3v) is 11.8. The molecule has 5 heterocycles. The number of aliphatic hydroxyl groups excluding tert-OH is 1. The maximum Gasteiger partial charge on any atom is 0.222 e. The van der Waals surface area contributed by atoms with E-state index in [-0.39, 0.29) is 76.5 Å². The molecule has 19 heteroatoms. The van der Waals surface area contributed by atoms with Crippen molar-refractivity contribution in [2.75, 3.05) is 26.3 Å². The number of halogens is 3. The number of thiazole rings is 1. The molecule has 1 fully saturated rings. The first-order valence-corrected chi connectivity index (χ1v) is 26.6. The number of aromatic nitrogens is 4. The molecule has 0 spiro atoms. The van der Waals surface area contributed by atoms with Crippen molar-refractivity contribution in [1.29, 1.82) is 0 Å². The monoisotopic (exact) mass is 1160 g/mol. The van der Waals surface area contributed by atoms with Gasteiger partial charge in [-0.15, -0.1) is 39.4 Å². The number of nitrogens with zero attached hydrogens (tertiary/aromatic N) is 6. The molecule has 0 saturated carbocycles. The summed E-state index contributed by atoms with van der Waals surface area (Å²) >= 11 is 13.7.